The lowest BCUT2D eigenvalue weighted by atomic mass is 9.84. The lowest BCUT2D eigenvalue weighted by Gasteiger charge is -2.23. The van der Waals surface area contributed by atoms with Gasteiger partial charge in [-0.3, -0.25) is 4.79 Å². The summed E-state index contributed by atoms with van der Waals surface area (Å²) in [6.07, 6.45) is 2.28. The number of hydrogen-bond acceptors (Lipinski definition) is 5. The summed E-state index contributed by atoms with van der Waals surface area (Å²) in [6.45, 7) is 9.83. The summed E-state index contributed by atoms with van der Waals surface area (Å²) < 4.78 is 5.05. The number of phenols is 1. The van der Waals surface area contributed by atoms with Crippen LogP contribution in [0.3, 0.4) is 0 Å². The Hall–Kier alpha value is -3.15. The normalized spacial score (nSPS) is 11.5. The topological polar surface area (TPSA) is 77.2 Å². The van der Waals surface area contributed by atoms with Crippen LogP contribution >= 0.6 is 0 Å². The second-order valence-corrected chi connectivity index (χ2v) is 7.71. The molecule has 3 aromatic rings. The number of nitrogens with zero attached hydrogens (tertiary/aromatic N) is 3. The summed E-state index contributed by atoms with van der Waals surface area (Å²) in [4.78, 5) is 13.3. The maximum Gasteiger partial charge on any atom is 0.306 e. The van der Waals surface area contributed by atoms with Gasteiger partial charge in [0.05, 0.1) is 0 Å². The summed E-state index contributed by atoms with van der Waals surface area (Å²) in [6, 6.07) is 11.3. The van der Waals surface area contributed by atoms with Crippen molar-refractivity contribution in [2.45, 2.75) is 39.0 Å². The SMILES string of the molecule is C=CCOC(=O)CCc1cc(-n2nc3ccccc3n2)c(O)c(C(C)(C)C)c1. The number of aromatic nitrogens is 3. The third-order valence-corrected chi connectivity index (χ3v) is 4.44. The molecule has 0 spiro atoms. The van der Waals surface area contributed by atoms with Crippen LogP contribution in [0.1, 0.15) is 38.3 Å². The molecule has 146 valence electrons. The molecule has 0 radical (unpaired) electrons. The molecule has 0 aliphatic carbocycles. The van der Waals surface area contributed by atoms with Crippen LogP contribution < -0.4 is 0 Å². The average Bonchev–Trinajstić information content (AvgIpc) is 3.08. The van der Waals surface area contributed by atoms with E-state index >= 15 is 0 Å². The van der Waals surface area contributed by atoms with Crippen LogP contribution in [-0.2, 0) is 21.4 Å². The van der Waals surface area contributed by atoms with Crippen LogP contribution in [0.5, 0.6) is 5.75 Å². The number of carbonyl (C=O) groups is 1. The van der Waals surface area contributed by atoms with E-state index in [0.29, 0.717) is 12.1 Å². The zero-order valence-electron chi connectivity index (χ0n) is 16.5. The van der Waals surface area contributed by atoms with Gasteiger partial charge in [0.1, 0.15) is 29.1 Å². The number of aryl methyl sites for hydroxylation is 1. The van der Waals surface area contributed by atoms with E-state index in [2.05, 4.69) is 16.8 Å². The molecule has 0 amide bonds. The largest absolute Gasteiger partial charge is 0.505 e. The first kappa shape index (κ1) is 19.6. The number of hydrogen-bond donors (Lipinski definition) is 1. The van der Waals surface area contributed by atoms with Gasteiger partial charge < -0.3 is 9.84 Å². The van der Waals surface area contributed by atoms with E-state index < -0.39 is 0 Å². The maximum absolute atomic E-state index is 11.8. The average molecular weight is 379 g/mol. The molecule has 0 atom stereocenters. The minimum Gasteiger partial charge on any atom is -0.505 e. The summed E-state index contributed by atoms with van der Waals surface area (Å²) in [5.41, 5.74) is 3.40. The number of fused-ring (bicyclic) bond motifs is 1. The van der Waals surface area contributed by atoms with Crippen molar-refractivity contribution in [3.8, 4) is 11.4 Å². The zero-order valence-corrected chi connectivity index (χ0v) is 16.5. The fourth-order valence-electron chi connectivity index (χ4n) is 2.98. The monoisotopic (exact) mass is 379 g/mol. The van der Waals surface area contributed by atoms with Crippen molar-refractivity contribution in [2.24, 2.45) is 0 Å². The molecule has 0 fully saturated rings. The second kappa shape index (κ2) is 7.84. The number of aromatic hydroxyl groups is 1. The molecule has 0 aliphatic heterocycles. The third kappa shape index (κ3) is 4.22. The van der Waals surface area contributed by atoms with E-state index in [1.807, 2.05) is 57.2 Å². The first-order valence-electron chi connectivity index (χ1n) is 9.25. The summed E-state index contributed by atoms with van der Waals surface area (Å²) >= 11 is 0. The number of benzene rings is 2. The first-order chi connectivity index (χ1) is 13.3. The van der Waals surface area contributed by atoms with Gasteiger partial charge >= 0.3 is 5.97 Å². The van der Waals surface area contributed by atoms with E-state index in [1.54, 1.807) is 6.08 Å². The third-order valence-electron chi connectivity index (χ3n) is 4.44. The highest BCUT2D eigenvalue weighted by Crippen LogP contribution is 2.36. The molecule has 28 heavy (non-hydrogen) atoms. The highest BCUT2D eigenvalue weighted by atomic mass is 16.5. The summed E-state index contributed by atoms with van der Waals surface area (Å²) in [5, 5.41) is 19.9. The molecule has 6 heteroatoms. The number of esters is 1. The van der Waals surface area contributed by atoms with Crippen molar-refractivity contribution in [3.63, 3.8) is 0 Å². The summed E-state index contributed by atoms with van der Waals surface area (Å²) in [7, 11) is 0. The Morgan fingerprint density at radius 1 is 1.21 bits per heavy atom. The predicted octanol–water partition coefficient (Wildman–Crippen LogP) is 4.09. The van der Waals surface area contributed by atoms with Crippen molar-refractivity contribution < 1.29 is 14.6 Å². The highest BCUT2D eigenvalue weighted by molar-refractivity contribution is 5.74. The number of rotatable bonds is 6. The van der Waals surface area contributed by atoms with Crippen LogP contribution in [0.25, 0.3) is 16.7 Å². The van der Waals surface area contributed by atoms with E-state index in [1.165, 1.54) is 4.80 Å². The standard InChI is InChI=1S/C22H25N3O3/c1-5-12-28-20(26)11-10-15-13-16(22(2,3)4)21(27)19(14-15)25-23-17-8-6-7-9-18(17)24-25/h5-9,13-14,27H,1,10-12H2,2-4H3. The molecule has 0 bridgehead atoms. The van der Waals surface area contributed by atoms with E-state index in [-0.39, 0.29) is 30.2 Å². The Bertz CT molecular complexity index is 983. The van der Waals surface area contributed by atoms with Crippen LogP contribution in [0.4, 0.5) is 0 Å². The summed E-state index contributed by atoms with van der Waals surface area (Å²) in [5.74, 6) is -0.138. The highest BCUT2D eigenvalue weighted by Gasteiger charge is 2.23. The molecule has 3 rings (SSSR count). The molecule has 1 heterocycles. The quantitative estimate of drug-likeness (QED) is 0.516. The molecule has 0 saturated carbocycles. The zero-order chi connectivity index (χ0) is 20.3. The number of ether oxygens (including phenoxy) is 1. The van der Waals surface area contributed by atoms with Gasteiger partial charge in [0.15, 0.2) is 0 Å². The van der Waals surface area contributed by atoms with Gasteiger partial charge in [-0.05, 0) is 35.6 Å². The Labute approximate surface area is 164 Å². The Kier molecular flexibility index (Phi) is 5.49. The molecule has 2 aromatic carbocycles. The fourth-order valence-corrected chi connectivity index (χ4v) is 2.98. The van der Waals surface area contributed by atoms with Gasteiger partial charge in [-0.15, -0.1) is 15.0 Å². The van der Waals surface area contributed by atoms with Crippen LogP contribution in [0, 0.1) is 0 Å². The smallest absolute Gasteiger partial charge is 0.306 e. The van der Waals surface area contributed by atoms with Crippen molar-refractivity contribution in [2.75, 3.05) is 6.61 Å². The van der Waals surface area contributed by atoms with E-state index in [9.17, 15) is 9.90 Å². The first-order valence-corrected chi connectivity index (χ1v) is 9.25. The molecule has 0 unspecified atom stereocenters. The van der Waals surface area contributed by atoms with Crippen molar-refractivity contribution >= 4 is 17.0 Å². The Morgan fingerprint density at radius 3 is 2.43 bits per heavy atom. The van der Waals surface area contributed by atoms with Gasteiger partial charge in [0.25, 0.3) is 0 Å². The number of carbonyl (C=O) groups excluding carboxylic acids is 1. The molecule has 0 saturated heterocycles. The maximum atomic E-state index is 11.8. The molecule has 1 N–H and O–H groups in total. The minimum absolute atomic E-state index is 0.144. The van der Waals surface area contributed by atoms with Crippen molar-refractivity contribution in [1.29, 1.82) is 0 Å². The van der Waals surface area contributed by atoms with Crippen molar-refractivity contribution in [3.05, 3.63) is 60.2 Å². The minimum atomic E-state index is -0.287. The van der Waals surface area contributed by atoms with Crippen LogP contribution in [0.2, 0.25) is 0 Å². The van der Waals surface area contributed by atoms with E-state index in [4.69, 9.17) is 4.74 Å². The lowest BCUT2D eigenvalue weighted by molar-refractivity contribution is -0.142. The van der Waals surface area contributed by atoms with Crippen molar-refractivity contribution in [1.82, 2.24) is 15.0 Å². The van der Waals surface area contributed by atoms with Gasteiger partial charge in [-0.1, -0.05) is 51.6 Å². The van der Waals surface area contributed by atoms with E-state index in [0.717, 1.165) is 22.2 Å². The van der Waals surface area contributed by atoms with Crippen LogP contribution in [-0.4, -0.2) is 32.7 Å². The van der Waals surface area contributed by atoms with Gasteiger partial charge in [-0.2, -0.15) is 0 Å². The molecular weight excluding hydrogens is 354 g/mol. The van der Waals surface area contributed by atoms with Gasteiger partial charge in [0.2, 0.25) is 0 Å². The van der Waals surface area contributed by atoms with Crippen LogP contribution in [0.15, 0.2) is 49.1 Å². The Balaban J connectivity index is 2.00. The molecule has 1 aromatic heterocycles. The lowest BCUT2D eigenvalue weighted by Crippen LogP contribution is -2.14. The fraction of sp³-hybridized carbons (Fsp3) is 0.318. The van der Waals surface area contributed by atoms with Gasteiger partial charge in [-0.25, -0.2) is 0 Å². The Morgan fingerprint density at radius 2 is 1.86 bits per heavy atom. The number of phenolic OH excluding ortho intramolecular Hbond substituents is 1. The molecule has 0 aliphatic rings. The van der Waals surface area contributed by atoms with Gasteiger partial charge in [0, 0.05) is 12.0 Å². The second-order valence-electron chi connectivity index (χ2n) is 7.71. The molecule has 6 nitrogen and oxygen atoms in total. The molecular formula is C22H25N3O3. The predicted molar refractivity (Wildman–Crippen MR) is 109 cm³/mol.